The molecule has 2 fully saturated rings. The number of hydrogen-bond donors (Lipinski definition) is 1. The second-order valence-electron chi connectivity index (χ2n) is 5.92. The number of nitrogens with zero attached hydrogens (tertiary/aromatic N) is 1. The topological polar surface area (TPSA) is 24.5 Å². The molecule has 3 nitrogen and oxygen atoms in total. The van der Waals surface area contributed by atoms with E-state index in [4.69, 9.17) is 4.74 Å². The summed E-state index contributed by atoms with van der Waals surface area (Å²) < 4.78 is 5.50. The first-order chi connectivity index (χ1) is 8.26. The van der Waals surface area contributed by atoms with E-state index >= 15 is 0 Å². The molecule has 1 aliphatic heterocycles. The van der Waals surface area contributed by atoms with Crippen molar-refractivity contribution < 1.29 is 4.74 Å². The fourth-order valence-electron chi connectivity index (χ4n) is 3.43. The molecule has 0 bridgehead atoms. The summed E-state index contributed by atoms with van der Waals surface area (Å²) in [5.41, 5.74) is 0.535. The van der Waals surface area contributed by atoms with Gasteiger partial charge in [-0.15, -0.1) is 0 Å². The lowest BCUT2D eigenvalue weighted by Gasteiger charge is -2.36. The Bertz CT molecular complexity index is 220. The van der Waals surface area contributed by atoms with Gasteiger partial charge >= 0.3 is 0 Å². The summed E-state index contributed by atoms with van der Waals surface area (Å²) in [5, 5.41) is 3.57. The van der Waals surface area contributed by atoms with Crippen LogP contribution in [0.5, 0.6) is 0 Å². The molecule has 2 rings (SSSR count). The second kappa shape index (κ2) is 6.17. The lowest BCUT2D eigenvalue weighted by molar-refractivity contribution is 0.115. The molecule has 1 unspecified atom stereocenters. The first-order valence-electron chi connectivity index (χ1n) is 7.24. The molecule has 0 radical (unpaired) electrons. The summed E-state index contributed by atoms with van der Waals surface area (Å²) in [4.78, 5) is 2.55. The first-order valence-corrected chi connectivity index (χ1v) is 7.24. The van der Waals surface area contributed by atoms with Gasteiger partial charge in [0.25, 0.3) is 0 Å². The molecular weight excluding hydrogens is 212 g/mol. The molecule has 1 N–H and O–H groups in total. The Labute approximate surface area is 106 Å². The van der Waals surface area contributed by atoms with Crippen LogP contribution < -0.4 is 5.32 Å². The highest BCUT2D eigenvalue weighted by atomic mass is 16.5. The van der Waals surface area contributed by atoms with Crippen LogP contribution in [0.1, 0.15) is 39.0 Å². The fraction of sp³-hybridized carbons (Fsp3) is 1.00. The Morgan fingerprint density at radius 3 is 2.71 bits per heavy atom. The smallest absolute Gasteiger partial charge is 0.0622 e. The summed E-state index contributed by atoms with van der Waals surface area (Å²) in [6.07, 6.45) is 6.85. The lowest BCUT2D eigenvalue weighted by atomic mass is 9.85. The Balaban J connectivity index is 1.87. The molecule has 0 aromatic rings. The molecule has 0 spiro atoms. The third kappa shape index (κ3) is 3.43. The summed E-state index contributed by atoms with van der Waals surface area (Å²) in [6, 6.07) is 0.661. The number of ether oxygens (including phenoxy) is 1. The van der Waals surface area contributed by atoms with Gasteiger partial charge in [-0.2, -0.15) is 0 Å². The number of rotatable bonds is 6. The van der Waals surface area contributed by atoms with Crippen LogP contribution in [0, 0.1) is 5.41 Å². The predicted octanol–water partition coefficient (Wildman–Crippen LogP) is 1.88. The molecule has 1 heterocycles. The van der Waals surface area contributed by atoms with Crippen molar-refractivity contribution in [2.75, 3.05) is 39.9 Å². The van der Waals surface area contributed by atoms with Crippen molar-refractivity contribution >= 4 is 0 Å². The molecule has 0 amide bonds. The van der Waals surface area contributed by atoms with E-state index in [1.807, 2.05) is 0 Å². The highest BCUT2D eigenvalue weighted by Crippen LogP contribution is 2.38. The van der Waals surface area contributed by atoms with Crippen LogP contribution in [0.15, 0.2) is 0 Å². The third-order valence-corrected chi connectivity index (χ3v) is 4.53. The van der Waals surface area contributed by atoms with Crippen LogP contribution in [0.25, 0.3) is 0 Å². The highest BCUT2D eigenvalue weighted by molar-refractivity contribution is 4.90. The van der Waals surface area contributed by atoms with Gasteiger partial charge < -0.3 is 15.0 Å². The molecular formula is C14H28N2O. The van der Waals surface area contributed by atoms with E-state index in [0.29, 0.717) is 11.5 Å². The molecule has 1 saturated heterocycles. The van der Waals surface area contributed by atoms with Crippen LogP contribution in [-0.4, -0.2) is 50.8 Å². The van der Waals surface area contributed by atoms with E-state index in [-0.39, 0.29) is 0 Å². The van der Waals surface area contributed by atoms with Gasteiger partial charge in [-0.05, 0) is 38.3 Å². The lowest BCUT2D eigenvalue weighted by Crippen LogP contribution is -2.45. The van der Waals surface area contributed by atoms with Crippen LogP contribution in [-0.2, 0) is 4.74 Å². The van der Waals surface area contributed by atoms with Crippen LogP contribution in [0.2, 0.25) is 0 Å². The zero-order chi connectivity index (χ0) is 12.1. The van der Waals surface area contributed by atoms with Crippen molar-refractivity contribution in [3.63, 3.8) is 0 Å². The maximum absolute atomic E-state index is 5.50. The normalized spacial score (nSPS) is 28.1. The Morgan fingerprint density at radius 2 is 2.12 bits per heavy atom. The van der Waals surface area contributed by atoms with Crippen molar-refractivity contribution in [1.29, 1.82) is 0 Å². The van der Waals surface area contributed by atoms with Crippen molar-refractivity contribution in [1.82, 2.24) is 10.2 Å². The summed E-state index contributed by atoms with van der Waals surface area (Å²) >= 11 is 0. The SMILES string of the molecule is CCNCC1(CN(C)C2CCOC2)CCCC1. The Morgan fingerprint density at radius 1 is 1.35 bits per heavy atom. The molecule has 1 saturated carbocycles. The largest absolute Gasteiger partial charge is 0.380 e. The highest BCUT2D eigenvalue weighted by Gasteiger charge is 2.36. The Hall–Kier alpha value is -0.120. The Kier molecular flexibility index (Phi) is 4.83. The zero-order valence-corrected chi connectivity index (χ0v) is 11.5. The average molecular weight is 240 g/mol. The van der Waals surface area contributed by atoms with Crippen molar-refractivity contribution in [2.45, 2.75) is 45.1 Å². The monoisotopic (exact) mass is 240 g/mol. The van der Waals surface area contributed by atoms with E-state index < -0.39 is 0 Å². The van der Waals surface area contributed by atoms with E-state index in [1.165, 1.54) is 45.2 Å². The predicted molar refractivity (Wildman–Crippen MR) is 71.3 cm³/mol. The van der Waals surface area contributed by atoms with Crippen molar-refractivity contribution in [3.8, 4) is 0 Å². The molecule has 0 aromatic heterocycles. The average Bonchev–Trinajstić information content (AvgIpc) is 2.98. The minimum Gasteiger partial charge on any atom is -0.380 e. The van der Waals surface area contributed by atoms with Crippen molar-refractivity contribution in [3.05, 3.63) is 0 Å². The van der Waals surface area contributed by atoms with E-state index in [0.717, 1.165) is 19.8 Å². The molecule has 100 valence electrons. The minimum absolute atomic E-state index is 0.535. The number of nitrogens with one attached hydrogen (secondary N) is 1. The number of hydrogen-bond acceptors (Lipinski definition) is 3. The van der Waals surface area contributed by atoms with Crippen LogP contribution in [0.3, 0.4) is 0 Å². The number of likely N-dealkylation sites (N-methyl/N-ethyl adjacent to an activating group) is 1. The third-order valence-electron chi connectivity index (χ3n) is 4.53. The maximum atomic E-state index is 5.50. The fourth-order valence-corrected chi connectivity index (χ4v) is 3.43. The standard InChI is InChI=1S/C14H28N2O/c1-3-15-11-14(7-4-5-8-14)12-16(2)13-6-9-17-10-13/h13,15H,3-12H2,1-2H3. The van der Waals surface area contributed by atoms with Gasteiger partial charge in [0.05, 0.1) is 6.61 Å². The van der Waals surface area contributed by atoms with E-state index in [9.17, 15) is 0 Å². The van der Waals surface area contributed by atoms with E-state index in [2.05, 4.69) is 24.2 Å². The second-order valence-corrected chi connectivity index (χ2v) is 5.92. The molecule has 0 aromatic carbocycles. The zero-order valence-electron chi connectivity index (χ0n) is 11.5. The van der Waals surface area contributed by atoms with Gasteiger partial charge in [-0.1, -0.05) is 19.8 Å². The van der Waals surface area contributed by atoms with Gasteiger partial charge in [0.15, 0.2) is 0 Å². The summed E-state index contributed by atoms with van der Waals surface area (Å²) in [5.74, 6) is 0. The summed E-state index contributed by atoms with van der Waals surface area (Å²) in [6.45, 7) is 7.63. The van der Waals surface area contributed by atoms with Gasteiger partial charge in [0.2, 0.25) is 0 Å². The van der Waals surface area contributed by atoms with Gasteiger partial charge in [0.1, 0.15) is 0 Å². The first kappa shape index (κ1) is 13.3. The van der Waals surface area contributed by atoms with Gasteiger partial charge in [-0.3, -0.25) is 0 Å². The molecule has 2 aliphatic rings. The minimum atomic E-state index is 0.535. The molecule has 1 atom stereocenters. The molecule has 17 heavy (non-hydrogen) atoms. The van der Waals surface area contributed by atoms with Gasteiger partial charge in [-0.25, -0.2) is 0 Å². The van der Waals surface area contributed by atoms with Crippen LogP contribution >= 0.6 is 0 Å². The maximum Gasteiger partial charge on any atom is 0.0622 e. The molecule has 3 heteroatoms. The van der Waals surface area contributed by atoms with Gasteiger partial charge in [0, 0.05) is 25.7 Å². The quantitative estimate of drug-likeness (QED) is 0.767. The summed E-state index contributed by atoms with van der Waals surface area (Å²) in [7, 11) is 2.28. The van der Waals surface area contributed by atoms with E-state index in [1.54, 1.807) is 0 Å². The van der Waals surface area contributed by atoms with Crippen molar-refractivity contribution in [2.24, 2.45) is 5.41 Å². The molecule has 1 aliphatic carbocycles. The van der Waals surface area contributed by atoms with Crippen LogP contribution in [0.4, 0.5) is 0 Å².